The van der Waals surface area contributed by atoms with Gasteiger partial charge in [0.15, 0.2) is 11.6 Å². The van der Waals surface area contributed by atoms with E-state index in [1.807, 2.05) is 0 Å². The molecule has 0 heterocycles. The lowest BCUT2D eigenvalue weighted by Crippen LogP contribution is -2.21. The van der Waals surface area contributed by atoms with E-state index in [9.17, 15) is 24.9 Å². The first-order valence-corrected chi connectivity index (χ1v) is 7.32. The minimum Gasteiger partial charge on any atom is -0.507 e. The van der Waals surface area contributed by atoms with Gasteiger partial charge in [-0.1, -0.05) is 30.3 Å². The van der Waals surface area contributed by atoms with Crippen LogP contribution in [0.1, 0.15) is 37.4 Å². The Balaban J connectivity index is 2.21. The van der Waals surface area contributed by atoms with Crippen LogP contribution in [-0.2, 0) is 0 Å². The van der Waals surface area contributed by atoms with Crippen molar-refractivity contribution >= 4 is 22.3 Å². The summed E-state index contributed by atoms with van der Waals surface area (Å²) in [6.45, 7) is 1.63. The van der Waals surface area contributed by atoms with Gasteiger partial charge in [-0.25, -0.2) is 0 Å². The lowest BCUT2D eigenvalue weighted by Gasteiger charge is -2.21. The Bertz CT molecular complexity index is 1080. The molecule has 1 aliphatic carbocycles. The quantitative estimate of drug-likeness (QED) is 0.433. The predicted molar refractivity (Wildman–Crippen MR) is 87.0 cm³/mol. The molecule has 3 aromatic rings. The summed E-state index contributed by atoms with van der Waals surface area (Å²) < 4.78 is 0. The second-order valence-corrected chi connectivity index (χ2v) is 5.80. The molecule has 1 aliphatic rings. The van der Waals surface area contributed by atoms with E-state index >= 15 is 0 Å². The molecule has 0 aliphatic heterocycles. The summed E-state index contributed by atoms with van der Waals surface area (Å²) in [6.07, 6.45) is 0. The van der Waals surface area contributed by atoms with Gasteiger partial charge >= 0.3 is 0 Å². The Morgan fingerprint density at radius 2 is 1.25 bits per heavy atom. The first kappa shape index (κ1) is 14.3. The zero-order valence-electron chi connectivity index (χ0n) is 12.6. The summed E-state index contributed by atoms with van der Waals surface area (Å²) in [5.41, 5.74) is 0.320. The van der Waals surface area contributed by atoms with Crippen LogP contribution >= 0.6 is 0 Å². The zero-order valence-corrected chi connectivity index (χ0v) is 12.6. The van der Waals surface area contributed by atoms with Crippen molar-refractivity contribution in [3.63, 3.8) is 0 Å². The van der Waals surface area contributed by atoms with Crippen molar-refractivity contribution in [2.45, 2.75) is 6.92 Å². The second-order valence-electron chi connectivity index (χ2n) is 5.80. The first-order valence-electron chi connectivity index (χ1n) is 7.32. The van der Waals surface area contributed by atoms with Crippen LogP contribution in [0.3, 0.4) is 0 Å². The number of aromatic hydroxyl groups is 3. The van der Waals surface area contributed by atoms with Crippen molar-refractivity contribution in [2.75, 3.05) is 0 Å². The van der Waals surface area contributed by atoms with Crippen molar-refractivity contribution in [3.05, 3.63) is 64.2 Å². The SMILES string of the molecule is Cc1ccc2c(O)c3c(c(O)c2c1O)C(=O)c1ccccc1C3=O. The predicted octanol–water partition coefficient (Wildman–Crippen LogP) is 3.04. The molecule has 0 aromatic heterocycles. The van der Waals surface area contributed by atoms with E-state index < -0.39 is 23.1 Å². The number of hydrogen-bond donors (Lipinski definition) is 3. The van der Waals surface area contributed by atoms with Gasteiger partial charge in [0.25, 0.3) is 0 Å². The van der Waals surface area contributed by atoms with Crippen molar-refractivity contribution in [3.8, 4) is 17.2 Å². The van der Waals surface area contributed by atoms with E-state index in [4.69, 9.17) is 0 Å². The van der Waals surface area contributed by atoms with Crippen molar-refractivity contribution in [1.82, 2.24) is 0 Å². The normalized spacial score (nSPS) is 13.0. The monoisotopic (exact) mass is 320 g/mol. The number of phenols is 3. The van der Waals surface area contributed by atoms with Gasteiger partial charge in [0.05, 0.1) is 16.5 Å². The Kier molecular flexibility index (Phi) is 2.72. The van der Waals surface area contributed by atoms with Crippen LogP contribution in [0.5, 0.6) is 17.2 Å². The molecule has 0 bridgehead atoms. The van der Waals surface area contributed by atoms with Crippen LogP contribution in [0.4, 0.5) is 0 Å². The highest BCUT2D eigenvalue weighted by Gasteiger charge is 2.36. The summed E-state index contributed by atoms with van der Waals surface area (Å²) in [5, 5.41) is 31.5. The smallest absolute Gasteiger partial charge is 0.198 e. The van der Waals surface area contributed by atoms with Crippen molar-refractivity contribution in [2.24, 2.45) is 0 Å². The maximum Gasteiger partial charge on any atom is 0.198 e. The Labute approximate surface area is 136 Å². The number of hydrogen-bond acceptors (Lipinski definition) is 5. The summed E-state index contributed by atoms with van der Waals surface area (Å²) in [7, 11) is 0. The molecule has 24 heavy (non-hydrogen) atoms. The fraction of sp³-hybridized carbons (Fsp3) is 0.0526. The van der Waals surface area contributed by atoms with E-state index in [2.05, 4.69) is 0 Å². The molecule has 0 saturated heterocycles. The van der Waals surface area contributed by atoms with Gasteiger partial charge in [0, 0.05) is 16.5 Å². The van der Waals surface area contributed by atoms with E-state index in [0.29, 0.717) is 5.56 Å². The van der Waals surface area contributed by atoms with Gasteiger partial charge < -0.3 is 15.3 Å². The molecule has 118 valence electrons. The molecule has 0 amide bonds. The van der Waals surface area contributed by atoms with E-state index in [1.54, 1.807) is 25.1 Å². The average molecular weight is 320 g/mol. The second kappa shape index (κ2) is 4.58. The Morgan fingerprint density at radius 3 is 1.83 bits per heavy atom. The van der Waals surface area contributed by atoms with Crippen LogP contribution < -0.4 is 0 Å². The van der Waals surface area contributed by atoms with E-state index in [1.165, 1.54) is 18.2 Å². The van der Waals surface area contributed by atoms with Crippen LogP contribution in [0.2, 0.25) is 0 Å². The maximum absolute atomic E-state index is 12.8. The number of fused-ring (bicyclic) bond motifs is 3. The zero-order chi connectivity index (χ0) is 17.2. The molecule has 0 unspecified atom stereocenters. The molecular formula is C19H12O5. The molecule has 3 aromatic carbocycles. The number of ketones is 2. The van der Waals surface area contributed by atoms with Crippen LogP contribution in [-0.4, -0.2) is 26.9 Å². The minimum absolute atomic E-state index is 0.0354. The highest BCUT2D eigenvalue weighted by molar-refractivity contribution is 6.32. The molecule has 0 atom stereocenters. The number of aryl methyl sites for hydroxylation is 1. The third kappa shape index (κ3) is 1.58. The van der Waals surface area contributed by atoms with Crippen LogP contribution in [0.15, 0.2) is 36.4 Å². The van der Waals surface area contributed by atoms with Gasteiger partial charge in [-0.3, -0.25) is 9.59 Å². The highest BCUT2D eigenvalue weighted by Crippen LogP contribution is 2.47. The van der Waals surface area contributed by atoms with Gasteiger partial charge in [-0.15, -0.1) is 0 Å². The van der Waals surface area contributed by atoms with Gasteiger partial charge in [0.1, 0.15) is 17.2 Å². The third-order valence-electron chi connectivity index (χ3n) is 4.47. The van der Waals surface area contributed by atoms with E-state index in [-0.39, 0.29) is 38.8 Å². The maximum atomic E-state index is 12.8. The van der Waals surface area contributed by atoms with Gasteiger partial charge in [0.2, 0.25) is 0 Å². The fourth-order valence-electron chi connectivity index (χ4n) is 3.22. The summed E-state index contributed by atoms with van der Waals surface area (Å²) in [5.74, 6) is -2.24. The van der Waals surface area contributed by atoms with Crippen molar-refractivity contribution < 1.29 is 24.9 Å². The molecule has 0 radical (unpaired) electrons. The molecule has 5 heteroatoms. The fourth-order valence-corrected chi connectivity index (χ4v) is 3.22. The Morgan fingerprint density at radius 1 is 0.708 bits per heavy atom. The van der Waals surface area contributed by atoms with Crippen LogP contribution in [0, 0.1) is 6.92 Å². The number of rotatable bonds is 0. The number of benzene rings is 3. The molecule has 0 fully saturated rings. The Hall–Kier alpha value is -3.34. The van der Waals surface area contributed by atoms with Crippen molar-refractivity contribution in [1.29, 1.82) is 0 Å². The minimum atomic E-state index is -0.559. The van der Waals surface area contributed by atoms with E-state index in [0.717, 1.165) is 0 Å². The summed E-state index contributed by atoms with van der Waals surface area (Å²) in [6, 6.07) is 9.31. The topological polar surface area (TPSA) is 94.8 Å². The van der Waals surface area contributed by atoms with Crippen LogP contribution in [0.25, 0.3) is 10.8 Å². The molecule has 4 rings (SSSR count). The molecule has 3 N–H and O–H groups in total. The lowest BCUT2D eigenvalue weighted by atomic mass is 9.81. The lowest BCUT2D eigenvalue weighted by molar-refractivity contribution is 0.0974. The number of phenolic OH excluding ortho intramolecular Hbond substituents is 3. The number of carbonyl (C=O) groups is 2. The average Bonchev–Trinajstić information content (AvgIpc) is 2.58. The number of carbonyl (C=O) groups excluding carboxylic acids is 2. The summed E-state index contributed by atoms with van der Waals surface area (Å²) >= 11 is 0. The first-order chi connectivity index (χ1) is 11.4. The summed E-state index contributed by atoms with van der Waals surface area (Å²) in [4.78, 5) is 25.5. The molecule has 5 nitrogen and oxygen atoms in total. The molecule has 0 saturated carbocycles. The highest BCUT2D eigenvalue weighted by atomic mass is 16.3. The van der Waals surface area contributed by atoms with Gasteiger partial charge in [-0.05, 0) is 18.6 Å². The van der Waals surface area contributed by atoms with Gasteiger partial charge in [-0.2, -0.15) is 0 Å². The third-order valence-corrected chi connectivity index (χ3v) is 4.47. The largest absolute Gasteiger partial charge is 0.507 e. The standard InChI is InChI=1S/C19H12O5/c1-8-6-7-11-12(15(8)20)19(24)14-13(18(11)23)16(21)9-4-2-3-5-10(9)17(14)22/h2-7,20,23-24H,1H3. The molecule has 0 spiro atoms. The molecular weight excluding hydrogens is 308 g/mol.